The van der Waals surface area contributed by atoms with Crippen LogP contribution in [0.3, 0.4) is 0 Å². The molecule has 0 saturated carbocycles. The third kappa shape index (κ3) is 4.42. The van der Waals surface area contributed by atoms with E-state index in [0.717, 1.165) is 31.5 Å². The molecule has 0 aromatic heterocycles. The number of nitrogens with one attached hydrogen (secondary N) is 1. The van der Waals surface area contributed by atoms with E-state index in [1.165, 1.54) is 17.0 Å². The highest BCUT2D eigenvalue weighted by atomic mass is 19.1. The number of fused-ring (bicyclic) bond motifs is 1. The fraction of sp³-hybridized carbons (Fsp3) is 0.385. The molecular weight excluding hydrogens is 454 g/mol. The Balaban J connectivity index is 1.26. The number of piperidine rings is 2. The van der Waals surface area contributed by atoms with Gasteiger partial charge >= 0.3 is 0 Å². The first-order valence-electron chi connectivity index (χ1n) is 11.7. The molecule has 180 valence electrons. The summed E-state index contributed by atoms with van der Waals surface area (Å²) in [6.45, 7) is 9.35. The minimum atomic E-state index is -0.725. The van der Waals surface area contributed by atoms with Crippen LogP contribution in [-0.4, -0.2) is 46.7 Å². The minimum absolute atomic E-state index is 0.00308. The molecule has 1 unspecified atom stereocenters. The zero-order valence-corrected chi connectivity index (χ0v) is 19.0. The molecule has 3 heterocycles. The summed E-state index contributed by atoms with van der Waals surface area (Å²) in [5, 5.41) is 2.28. The van der Waals surface area contributed by atoms with Crippen LogP contribution in [0.25, 0.3) is 4.85 Å². The van der Waals surface area contributed by atoms with Gasteiger partial charge in [-0.1, -0.05) is 12.1 Å². The van der Waals surface area contributed by atoms with Crippen molar-refractivity contribution >= 4 is 23.4 Å². The average molecular weight is 478 g/mol. The summed E-state index contributed by atoms with van der Waals surface area (Å²) < 4.78 is 28.7. The molecule has 2 aromatic rings. The molecule has 0 bridgehead atoms. The Morgan fingerprint density at radius 1 is 1.03 bits per heavy atom. The lowest BCUT2D eigenvalue weighted by molar-refractivity contribution is -0.136. The van der Waals surface area contributed by atoms with Crippen molar-refractivity contribution in [1.29, 1.82) is 0 Å². The third-order valence-electron chi connectivity index (χ3n) is 7.21. The Bertz CT molecular complexity index is 1260. The van der Waals surface area contributed by atoms with Crippen LogP contribution in [0.2, 0.25) is 0 Å². The summed E-state index contributed by atoms with van der Waals surface area (Å²) >= 11 is 0. The number of hydrogen-bond acceptors (Lipinski definition) is 4. The molecular formula is C26H24F2N4O3. The normalized spacial score (nSPS) is 21.1. The van der Waals surface area contributed by atoms with Crippen LogP contribution in [0, 0.1) is 18.2 Å². The topological polar surface area (TPSA) is 74.1 Å². The monoisotopic (exact) mass is 478 g/mol. The van der Waals surface area contributed by atoms with Gasteiger partial charge in [0.25, 0.3) is 5.91 Å². The maximum absolute atomic E-state index is 15.1. The van der Waals surface area contributed by atoms with Gasteiger partial charge in [0.15, 0.2) is 0 Å². The second kappa shape index (κ2) is 9.19. The summed E-state index contributed by atoms with van der Waals surface area (Å²) in [6.07, 6.45) is 1.91. The molecule has 0 aliphatic carbocycles. The van der Waals surface area contributed by atoms with Crippen LogP contribution < -0.4 is 5.32 Å². The third-order valence-corrected chi connectivity index (χ3v) is 7.21. The zero-order chi connectivity index (χ0) is 24.7. The van der Waals surface area contributed by atoms with Gasteiger partial charge in [0.05, 0.1) is 6.57 Å². The van der Waals surface area contributed by atoms with Crippen LogP contribution in [0.4, 0.5) is 14.5 Å². The van der Waals surface area contributed by atoms with Gasteiger partial charge in [-0.3, -0.25) is 24.6 Å². The van der Waals surface area contributed by atoms with E-state index in [4.69, 9.17) is 6.57 Å². The smallest absolute Gasteiger partial charge is 0.255 e. The van der Waals surface area contributed by atoms with Crippen molar-refractivity contribution < 1.29 is 23.2 Å². The predicted molar refractivity (Wildman–Crippen MR) is 122 cm³/mol. The standard InChI is InChI=1S/C26H24F2N4O3/c1-29-22-10-15(2-3-20(22)27)13-31-8-6-16(7-9-31)18-11-17-14-32(26(35)19(17)12-21(18)28)23-4-5-24(33)30-25(23)34/h2-3,10-12,16,23H,4-9,13-14H2,(H,30,33,34). The molecule has 35 heavy (non-hydrogen) atoms. The Morgan fingerprint density at radius 3 is 2.51 bits per heavy atom. The number of carbonyl (C=O) groups is 3. The summed E-state index contributed by atoms with van der Waals surface area (Å²) in [5.74, 6) is -2.15. The van der Waals surface area contributed by atoms with E-state index in [9.17, 15) is 18.8 Å². The molecule has 7 nitrogen and oxygen atoms in total. The second-order valence-corrected chi connectivity index (χ2v) is 9.38. The Kier molecular flexibility index (Phi) is 6.07. The first-order valence-corrected chi connectivity index (χ1v) is 11.7. The van der Waals surface area contributed by atoms with Gasteiger partial charge in [0, 0.05) is 25.1 Å². The van der Waals surface area contributed by atoms with E-state index in [2.05, 4.69) is 15.1 Å². The Hall–Kier alpha value is -3.64. The van der Waals surface area contributed by atoms with Gasteiger partial charge in [-0.15, -0.1) is 0 Å². The van der Waals surface area contributed by atoms with Crippen molar-refractivity contribution in [2.24, 2.45) is 0 Å². The van der Waals surface area contributed by atoms with Gasteiger partial charge in [0.2, 0.25) is 17.5 Å². The van der Waals surface area contributed by atoms with Crippen LogP contribution >= 0.6 is 0 Å². The average Bonchev–Trinajstić information content (AvgIpc) is 3.15. The number of nitrogens with zero attached hydrogens (tertiary/aromatic N) is 3. The Morgan fingerprint density at radius 2 is 1.80 bits per heavy atom. The molecule has 0 radical (unpaired) electrons. The van der Waals surface area contributed by atoms with Gasteiger partial charge in [-0.25, -0.2) is 13.6 Å². The number of hydrogen-bond donors (Lipinski definition) is 1. The fourth-order valence-electron chi connectivity index (χ4n) is 5.32. The maximum atomic E-state index is 15.1. The van der Waals surface area contributed by atoms with E-state index in [1.807, 2.05) is 0 Å². The second-order valence-electron chi connectivity index (χ2n) is 9.38. The summed E-state index contributed by atoms with van der Waals surface area (Å²) in [5.41, 5.74) is 2.44. The van der Waals surface area contributed by atoms with Gasteiger partial charge in [-0.05, 0) is 73.2 Å². The SMILES string of the molecule is [C-]#[N+]c1cc(CN2CCC(c3cc4c(cc3F)C(=O)N(C3CCC(=O)NC3=O)C4)CC2)ccc1F. The van der Waals surface area contributed by atoms with Crippen LogP contribution in [0.5, 0.6) is 0 Å². The molecule has 3 aliphatic heterocycles. The molecule has 2 fully saturated rings. The van der Waals surface area contributed by atoms with E-state index in [0.29, 0.717) is 17.7 Å². The minimum Gasteiger partial charge on any atom is -0.322 e. The van der Waals surface area contributed by atoms with Crippen LogP contribution in [-0.2, 0) is 22.7 Å². The summed E-state index contributed by atoms with van der Waals surface area (Å²) in [4.78, 5) is 43.4. The van der Waals surface area contributed by atoms with Crippen LogP contribution in [0.1, 0.15) is 58.6 Å². The lowest BCUT2D eigenvalue weighted by Gasteiger charge is -2.32. The lowest BCUT2D eigenvalue weighted by atomic mass is 9.87. The molecule has 5 rings (SSSR count). The number of halogens is 2. The van der Waals surface area contributed by atoms with Crippen LogP contribution in [0.15, 0.2) is 30.3 Å². The van der Waals surface area contributed by atoms with Crippen molar-refractivity contribution in [3.05, 3.63) is 75.6 Å². The van der Waals surface area contributed by atoms with E-state index in [1.54, 1.807) is 18.2 Å². The number of rotatable bonds is 4. The van der Waals surface area contributed by atoms with Crippen molar-refractivity contribution in [2.75, 3.05) is 13.1 Å². The maximum Gasteiger partial charge on any atom is 0.255 e. The van der Waals surface area contributed by atoms with Gasteiger partial charge < -0.3 is 4.90 Å². The first-order chi connectivity index (χ1) is 16.8. The molecule has 1 atom stereocenters. The predicted octanol–water partition coefficient (Wildman–Crippen LogP) is 3.66. The zero-order valence-electron chi connectivity index (χ0n) is 19.0. The molecule has 9 heteroatoms. The molecule has 3 aliphatic rings. The number of amides is 3. The molecule has 2 aromatic carbocycles. The largest absolute Gasteiger partial charge is 0.322 e. The number of benzene rings is 2. The van der Waals surface area contributed by atoms with E-state index < -0.39 is 23.6 Å². The summed E-state index contributed by atoms with van der Waals surface area (Å²) in [7, 11) is 0. The first kappa shape index (κ1) is 23.1. The van der Waals surface area contributed by atoms with E-state index >= 15 is 4.39 Å². The van der Waals surface area contributed by atoms with Crippen molar-refractivity contribution in [3.8, 4) is 0 Å². The highest BCUT2D eigenvalue weighted by Gasteiger charge is 2.40. The number of imide groups is 1. The Labute approximate surface area is 201 Å². The molecule has 2 saturated heterocycles. The van der Waals surface area contributed by atoms with Crippen molar-refractivity contribution in [1.82, 2.24) is 15.1 Å². The highest BCUT2D eigenvalue weighted by Crippen LogP contribution is 2.36. The fourth-order valence-corrected chi connectivity index (χ4v) is 5.32. The van der Waals surface area contributed by atoms with E-state index in [-0.39, 0.29) is 48.4 Å². The summed E-state index contributed by atoms with van der Waals surface area (Å²) in [6, 6.07) is 6.89. The molecule has 3 amide bonds. The van der Waals surface area contributed by atoms with Gasteiger partial charge in [-0.2, -0.15) is 0 Å². The number of likely N-dealkylation sites (tertiary alicyclic amines) is 1. The molecule has 1 N–H and O–H groups in total. The van der Waals surface area contributed by atoms with Crippen molar-refractivity contribution in [3.63, 3.8) is 0 Å². The molecule has 0 spiro atoms. The van der Waals surface area contributed by atoms with Gasteiger partial charge in [0.1, 0.15) is 17.7 Å². The number of carbonyl (C=O) groups excluding carboxylic acids is 3. The van der Waals surface area contributed by atoms with Crippen molar-refractivity contribution in [2.45, 2.75) is 50.7 Å². The lowest BCUT2D eigenvalue weighted by Crippen LogP contribution is -2.52. The quantitative estimate of drug-likeness (QED) is 0.538. The highest BCUT2D eigenvalue weighted by molar-refractivity contribution is 6.05.